The molecule has 34 heavy (non-hydrogen) atoms. The number of ketones is 1. The van der Waals surface area contributed by atoms with Crippen LogP contribution in [-0.4, -0.2) is 32.9 Å². The number of hydrogen-bond acceptors (Lipinski definition) is 3. The topological polar surface area (TPSA) is 88.4 Å². The third-order valence-electron chi connectivity index (χ3n) is 6.65. The molecule has 3 aromatic rings. The number of nitrogens with zero attached hydrogens (tertiary/aromatic N) is 1. The van der Waals surface area contributed by atoms with Crippen LogP contribution in [0.1, 0.15) is 69.6 Å². The number of aryl methyl sites for hydroxylation is 3. The zero-order valence-corrected chi connectivity index (χ0v) is 19.4. The molecule has 0 spiro atoms. The van der Waals surface area contributed by atoms with E-state index < -0.39 is 11.5 Å². The molecule has 2 N–H and O–H groups in total. The number of amides is 1. The molecule has 1 aliphatic carbocycles. The van der Waals surface area contributed by atoms with E-state index in [1.807, 2.05) is 72.3 Å². The van der Waals surface area contributed by atoms with Gasteiger partial charge in [0.1, 0.15) is 5.54 Å². The van der Waals surface area contributed by atoms with Gasteiger partial charge < -0.3 is 15.0 Å². The number of carboxylic acid groups (broad SMARTS) is 1. The highest BCUT2D eigenvalue weighted by atomic mass is 16.4. The normalized spacial score (nSPS) is 14.6. The molecule has 0 radical (unpaired) electrons. The third-order valence-corrected chi connectivity index (χ3v) is 6.65. The average Bonchev–Trinajstić information content (AvgIpc) is 3.50. The van der Waals surface area contributed by atoms with Crippen LogP contribution in [0.3, 0.4) is 0 Å². The predicted octanol–water partition coefficient (Wildman–Crippen LogP) is 4.79. The average molecular weight is 459 g/mol. The fourth-order valence-electron chi connectivity index (χ4n) is 4.65. The molecule has 1 fully saturated rings. The van der Waals surface area contributed by atoms with Crippen molar-refractivity contribution in [2.45, 2.75) is 57.5 Å². The summed E-state index contributed by atoms with van der Waals surface area (Å²) in [6.45, 7) is 2.67. The van der Waals surface area contributed by atoms with Crippen LogP contribution in [0.2, 0.25) is 0 Å². The molecule has 1 amide bonds. The van der Waals surface area contributed by atoms with Crippen molar-refractivity contribution in [2.24, 2.45) is 0 Å². The molecular weight excluding hydrogens is 428 g/mol. The Morgan fingerprint density at radius 1 is 0.971 bits per heavy atom. The number of aromatic nitrogens is 1. The van der Waals surface area contributed by atoms with Crippen LogP contribution in [0.5, 0.6) is 0 Å². The monoisotopic (exact) mass is 458 g/mol. The first kappa shape index (κ1) is 23.5. The lowest BCUT2D eigenvalue weighted by molar-refractivity contribution is -0.144. The number of rotatable bonds is 9. The maximum atomic E-state index is 12.9. The standard InChI is InChI=1S/C28H30N2O4/c1-20-11-13-22(14-12-20)25(31)24-10-6-18-30(24)17-5-8-21-7-4-9-23(19-21)26(32)29-28(27(33)34)15-2-3-16-28/h4,6-7,9-14,18-19H,2-3,5,8,15-17H2,1H3,(H,29,32)(H,33,34). The first-order valence-electron chi connectivity index (χ1n) is 11.8. The van der Waals surface area contributed by atoms with Crippen molar-refractivity contribution >= 4 is 17.7 Å². The minimum Gasteiger partial charge on any atom is -0.480 e. The van der Waals surface area contributed by atoms with Crippen LogP contribution < -0.4 is 5.32 Å². The minimum atomic E-state index is -1.15. The van der Waals surface area contributed by atoms with Crippen LogP contribution in [0.25, 0.3) is 0 Å². The molecule has 6 nitrogen and oxygen atoms in total. The number of carbonyl (C=O) groups excluding carboxylic acids is 2. The van der Waals surface area contributed by atoms with Gasteiger partial charge in [-0.1, -0.05) is 54.8 Å². The SMILES string of the molecule is Cc1ccc(C(=O)c2cccn2CCCc2cccc(C(=O)NC3(C(=O)O)CCCC3)c2)cc1. The van der Waals surface area contributed by atoms with Crippen molar-refractivity contribution in [1.82, 2.24) is 9.88 Å². The van der Waals surface area contributed by atoms with Gasteiger partial charge in [-0.3, -0.25) is 9.59 Å². The van der Waals surface area contributed by atoms with Gasteiger partial charge in [0.05, 0.1) is 5.69 Å². The molecule has 0 atom stereocenters. The van der Waals surface area contributed by atoms with Gasteiger partial charge in [0.15, 0.2) is 0 Å². The van der Waals surface area contributed by atoms with Crippen molar-refractivity contribution in [3.63, 3.8) is 0 Å². The summed E-state index contributed by atoms with van der Waals surface area (Å²) >= 11 is 0. The van der Waals surface area contributed by atoms with Gasteiger partial charge in [0, 0.05) is 23.9 Å². The van der Waals surface area contributed by atoms with E-state index in [0.717, 1.165) is 36.8 Å². The maximum absolute atomic E-state index is 12.9. The highest BCUT2D eigenvalue weighted by Gasteiger charge is 2.42. The Morgan fingerprint density at radius 2 is 1.71 bits per heavy atom. The largest absolute Gasteiger partial charge is 0.480 e. The number of aliphatic carboxylic acids is 1. The van der Waals surface area contributed by atoms with E-state index in [4.69, 9.17) is 0 Å². The van der Waals surface area contributed by atoms with Gasteiger partial charge in [-0.25, -0.2) is 4.79 Å². The van der Waals surface area contributed by atoms with Crippen molar-refractivity contribution in [3.8, 4) is 0 Å². The van der Waals surface area contributed by atoms with Crippen LogP contribution in [0, 0.1) is 6.92 Å². The quantitative estimate of drug-likeness (QED) is 0.452. The lowest BCUT2D eigenvalue weighted by Crippen LogP contribution is -2.52. The number of carboxylic acids is 1. The molecule has 6 heteroatoms. The maximum Gasteiger partial charge on any atom is 0.329 e. The van der Waals surface area contributed by atoms with E-state index in [0.29, 0.717) is 36.2 Å². The third kappa shape index (κ3) is 5.11. The van der Waals surface area contributed by atoms with Crippen LogP contribution >= 0.6 is 0 Å². The van der Waals surface area contributed by atoms with Gasteiger partial charge in [-0.05, 0) is 62.4 Å². The van der Waals surface area contributed by atoms with Crippen molar-refractivity contribution in [2.75, 3.05) is 0 Å². The lowest BCUT2D eigenvalue weighted by Gasteiger charge is -2.25. The Balaban J connectivity index is 1.38. The predicted molar refractivity (Wildman–Crippen MR) is 130 cm³/mol. The minimum absolute atomic E-state index is 0.00272. The summed E-state index contributed by atoms with van der Waals surface area (Å²) in [4.78, 5) is 37.4. The Bertz CT molecular complexity index is 1190. The zero-order chi connectivity index (χ0) is 24.1. The Hall–Kier alpha value is -3.67. The van der Waals surface area contributed by atoms with Crippen LogP contribution in [0.15, 0.2) is 66.9 Å². The Kier molecular flexibility index (Phi) is 6.96. The summed E-state index contributed by atoms with van der Waals surface area (Å²) in [5.74, 6) is -1.30. The van der Waals surface area contributed by atoms with Gasteiger partial charge in [-0.15, -0.1) is 0 Å². The van der Waals surface area contributed by atoms with E-state index in [1.54, 1.807) is 6.07 Å². The second kappa shape index (κ2) is 10.1. The second-order valence-corrected chi connectivity index (χ2v) is 9.13. The molecule has 0 aliphatic heterocycles. The molecule has 1 aromatic heterocycles. The van der Waals surface area contributed by atoms with Crippen molar-refractivity contribution < 1.29 is 19.5 Å². The molecule has 2 aromatic carbocycles. The summed E-state index contributed by atoms with van der Waals surface area (Å²) < 4.78 is 1.97. The molecule has 1 aliphatic rings. The van der Waals surface area contributed by atoms with E-state index in [1.165, 1.54) is 0 Å². The second-order valence-electron chi connectivity index (χ2n) is 9.13. The highest BCUT2D eigenvalue weighted by molar-refractivity contribution is 6.08. The van der Waals surface area contributed by atoms with Gasteiger partial charge in [0.25, 0.3) is 5.91 Å². The molecular formula is C28H30N2O4. The lowest BCUT2D eigenvalue weighted by atomic mass is 9.96. The van der Waals surface area contributed by atoms with E-state index in [-0.39, 0.29) is 11.7 Å². The summed E-state index contributed by atoms with van der Waals surface area (Å²) in [5, 5.41) is 12.4. The van der Waals surface area contributed by atoms with E-state index >= 15 is 0 Å². The van der Waals surface area contributed by atoms with Crippen LogP contribution in [0.4, 0.5) is 0 Å². The molecule has 1 saturated carbocycles. The van der Waals surface area contributed by atoms with E-state index in [2.05, 4.69) is 5.32 Å². The van der Waals surface area contributed by atoms with Gasteiger partial charge in [-0.2, -0.15) is 0 Å². The summed E-state index contributed by atoms with van der Waals surface area (Å²) in [5.41, 5.74) is 2.77. The number of nitrogens with one attached hydrogen (secondary N) is 1. The first-order chi connectivity index (χ1) is 16.4. The fourth-order valence-corrected chi connectivity index (χ4v) is 4.65. The molecule has 0 saturated heterocycles. The van der Waals surface area contributed by atoms with Crippen molar-refractivity contribution in [3.05, 3.63) is 94.8 Å². The van der Waals surface area contributed by atoms with Gasteiger partial charge >= 0.3 is 5.97 Å². The summed E-state index contributed by atoms with van der Waals surface area (Å²) in [6.07, 6.45) is 6.00. The Labute approximate surface area is 199 Å². The number of benzene rings is 2. The van der Waals surface area contributed by atoms with E-state index in [9.17, 15) is 19.5 Å². The molecule has 0 bridgehead atoms. The fraction of sp³-hybridized carbons (Fsp3) is 0.321. The molecule has 4 rings (SSSR count). The number of carbonyl (C=O) groups is 3. The highest BCUT2D eigenvalue weighted by Crippen LogP contribution is 2.30. The molecule has 0 unspecified atom stereocenters. The summed E-state index contributed by atoms with van der Waals surface area (Å²) in [6, 6.07) is 18.6. The molecule has 1 heterocycles. The zero-order valence-electron chi connectivity index (χ0n) is 19.4. The van der Waals surface area contributed by atoms with Crippen LogP contribution in [-0.2, 0) is 17.8 Å². The summed E-state index contributed by atoms with van der Waals surface area (Å²) in [7, 11) is 0. The van der Waals surface area contributed by atoms with Gasteiger partial charge in [0.2, 0.25) is 5.78 Å². The Morgan fingerprint density at radius 3 is 2.41 bits per heavy atom. The smallest absolute Gasteiger partial charge is 0.329 e. The van der Waals surface area contributed by atoms with Crippen molar-refractivity contribution in [1.29, 1.82) is 0 Å². The first-order valence-corrected chi connectivity index (χ1v) is 11.8. The number of hydrogen-bond donors (Lipinski definition) is 2. The molecule has 176 valence electrons.